The fraction of sp³-hybridized carbons (Fsp3) is 0.458. The van der Waals surface area contributed by atoms with Crippen molar-refractivity contribution in [1.82, 2.24) is 30.0 Å². The summed E-state index contributed by atoms with van der Waals surface area (Å²) < 4.78 is 7.45. The molecule has 2 amide bonds. The largest absolute Gasteiger partial charge is 0.483 e. The van der Waals surface area contributed by atoms with Gasteiger partial charge in [0.1, 0.15) is 17.9 Å². The summed E-state index contributed by atoms with van der Waals surface area (Å²) in [6.07, 6.45) is 3.80. The summed E-state index contributed by atoms with van der Waals surface area (Å²) in [6.45, 7) is 3.49. The van der Waals surface area contributed by atoms with Gasteiger partial charge in [-0.1, -0.05) is 25.1 Å². The fourth-order valence-electron chi connectivity index (χ4n) is 4.12. The number of anilines is 1. The van der Waals surface area contributed by atoms with E-state index < -0.39 is 0 Å². The summed E-state index contributed by atoms with van der Waals surface area (Å²) in [5.41, 5.74) is 1.59. The first-order valence-corrected chi connectivity index (χ1v) is 11.6. The predicted molar refractivity (Wildman–Crippen MR) is 128 cm³/mol. The normalized spacial score (nSPS) is 15.2. The number of amides is 2. The van der Waals surface area contributed by atoms with Crippen LogP contribution in [0.15, 0.2) is 42.7 Å². The van der Waals surface area contributed by atoms with Crippen LogP contribution in [0.25, 0.3) is 5.65 Å². The zero-order valence-electron chi connectivity index (χ0n) is 19.8. The number of aromatic nitrogens is 4. The lowest BCUT2D eigenvalue weighted by Crippen LogP contribution is -2.42. The highest BCUT2D eigenvalue weighted by Crippen LogP contribution is 2.29. The fourth-order valence-corrected chi connectivity index (χ4v) is 4.12. The summed E-state index contributed by atoms with van der Waals surface area (Å²) in [5, 5.41) is 15.6. The number of nitrogens with zero attached hydrogens (tertiary/aromatic N) is 6. The van der Waals surface area contributed by atoms with E-state index in [1.807, 2.05) is 43.3 Å². The van der Waals surface area contributed by atoms with Gasteiger partial charge in [-0.05, 0) is 37.5 Å². The Hall–Kier alpha value is -3.69. The van der Waals surface area contributed by atoms with Crippen molar-refractivity contribution in [3.8, 4) is 5.75 Å². The predicted octanol–water partition coefficient (Wildman–Crippen LogP) is 2.08. The Morgan fingerprint density at radius 1 is 1.18 bits per heavy atom. The van der Waals surface area contributed by atoms with Crippen molar-refractivity contribution in [3.05, 3.63) is 48.3 Å². The topological polar surface area (TPSA) is 105 Å². The minimum Gasteiger partial charge on any atom is -0.483 e. The summed E-state index contributed by atoms with van der Waals surface area (Å²) in [4.78, 5) is 28.7. The highest BCUT2D eigenvalue weighted by atomic mass is 16.5. The third-order valence-electron chi connectivity index (χ3n) is 6.21. The van der Waals surface area contributed by atoms with Gasteiger partial charge in [-0.25, -0.2) is 0 Å². The molecule has 1 atom stereocenters. The van der Waals surface area contributed by atoms with Crippen LogP contribution in [0, 0.1) is 5.92 Å². The molecule has 1 fully saturated rings. The van der Waals surface area contributed by atoms with E-state index in [1.165, 1.54) is 4.90 Å². The first kappa shape index (κ1) is 23.5. The van der Waals surface area contributed by atoms with Gasteiger partial charge in [-0.3, -0.25) is 9.59 Å². The summed E-state index contributed by atoms with van der Waals surface area (Å²) in [7, 11) is 3.39. The number of ether oxygens (including phenoxy) is 1. The molecule has 0 radical (unpaired) electrons. The smallest absolute Gasteiger partial charge is 0.259 e. The molecular formula is C24H31N7O3. The van der Waals surface area contributed by atoms with Crippen LogP contribution in [0.5, 0.6) is 5.75 Å². The highest BCUT2D eigenvalue weighted by Gasteiger charge is 2.28. The molecule has 2 aromatic heterocycles. The average molecular weight is 466 g/mol. The number of benzene rings is 1. The molecule has 10 nitrogen and oxygen atoms in total. The summed E-state index contributed by atoms with van der Waals surface area (Å²) >= 11 is 0. The van der Waals surface area contributed by atoms with Gasteiger partial charge in [0.2, 0.25) is 5.91 Å². The number of carbonyl (C=O) groups excluding carboxylic acids is 2. The molecule has 0 bridgehead atoms. The van der Waals surface area contributed by atoms with Crippen LogP contribution in [-0.2, 0) is 9.59 Å². The van der Waals surface area contributed by atoms with Crippen molar-refractivity contribution < 1.29 is 14.3 Å². The standard InChI is InChI=1S/C24H31N7O3/c1-4-19(18-7-5-6-8-20(18)34-15-23(32)29(2)3)26-24(33)17-11-13-30(14-12-17)22-10-9-21-27-25-16-31(21)28-22/h5-10,16-17,19H,4,11-15H2,1-3H3,(H,26,33). The first-order chi connectivity index (χ1) is 16.5. The molecule has 34 heavy (non-hydrogen) atoms. The van der Waals surface area contributed by atoms with E-state index in [-0.39, 0.29) is 30.4 Å². The third-order valence-corrected chi connectivity index (χ3v) is 6.21. The maximum Gasteiger partial charge on any atom is 0.259 e. The lowest BCUT2D eigenvalue weighted by molar-refractivity contribution is -0.131. The first-order valence-electron chi connectivity index (χ1n) is 11.6. The van der Waals surface area contributed by atoms with Crippen molar-refractivity contribution in [1.29, 1.82) is 0 Å². The molecule has 0 aliphatic carbocycles. The molecule has 1 aliphatic rings. The number of piperidine rings is 1. The summed E-state index contributed by atoms with van der Waals surface area (Å²) in [6, 6.07) is 11.2. The molecule has 10 heteroatoms. The molecule has 1 aromatic carbocycles. The number of rotatable bonds is 8. The SMILES string of the molecule is CCC(NC(=O)C1CCN(c2ccc3nncn3n2)CC1)c1ccccc1OCC(=O)N(C)C. The van der Waals surface area contributed by atoms with E-state index in [1.54, 1.807) is 24.9 Å². The zero-order valence-corrected chi connectivity index (χ0v) is 19.8. The van der Waals surface area contributed by atoms with E-state index in [0.717, 1.165) is 43.7 Å². The van der Waals surface area contributed by atoms with Crippen molar-refractivity contribution in [3.63, 3.8) is 0 Å². The average Bonchev–Trinajstić information content (AvgIpc) is 3.34. The maximum absolute atomic E-state index is 13.1. The van der Waals surface area contributed by atoms with Crippen LogP contribution >= 0.6 is 0 Å². The van der Waals surface area contributed by atoms with Crippen LogP contribution in [0.3, 0.4) is 0 Å². The van der Waals surface area contributed by atoms with Crippen LogP contribution in [0.2, 0.25) is 0 Å². The number of fused-ring (bicyclic) bond motifs is 1. The van der Waals surface area contributed by atoms with Crippen molar-refractivity contribution in [2.75, 3.05) is 38.7 Å². The number of para-hydroxylation sites is 1. The minimum atomic E-state index is -0.186. The molecule has 0 saturated carbocycles. The van der Waals surface area contributed by atoms with Gasteiger partial charge in [0.05, 0.1) is 6.04 Å². The Morgan fingerprint density at radius 3 is 2.68 bits per heavy atom. The molecule has 0 spiro atoms. The highest BCUT2D eigenvalue weighted by molar-refractivity contribution is 5.79. The van der Waals surface area contributed by atoms with Gasteiger partial charge >= 0.3 is 0 Å². The number of hydrogen-bond donors (Lipinski definition) is 1. The maximum atomic E-state index is 13.1. The van der Waals surface area contributed by atoms with E-state index >= 15 is 0 Å². The summed E-state index contributed by atoms with van der Waals surface area (Å²) in [5.74, 6) is 1.35. The lowest BCUT2D eigenvalue weighted by atomic mass is 9.94. The van der Waals surface area contributed by atoms with Gasteiger partial charge in [0.15, 0.2) is 12.3 Å². The quantitative estimate of drug-likeness (QED) is 0.543. The number of nitrogens with one attached hydrogen (secondary N) is 1. The molecule has 1 N–H and O–H groups in total. The van der Waals surface area contributed by atoms with Gasteiger partial charge in [-0.15, -0.1) is 15.3 Å². The molecule has 1 aliphatic heterocycles. The Balaban J connectivity index is 1.36. The second-order valence-corrected chi connectivity index (χ2v) is 8.67. The van der Waals surface area contributed by atoms with Crippen molar-refractivity contribution >= 4 is 23.3 Å². The van der Waals surface area contributed by atoms with Crippen LogP contribution in [0.1, 0.15) is 37.8 Å². The van der Waals surface area contributed by atoms with Crippen LogP contribution < -0.4 is 15.0 Å². The van der Waals surface area contributed by atoms with Crippen molar-refractivity contribution in [2.24, 2.45) is 5.92 Å². The van der Waals surface area contributed by atoms with E-state index in [2.05, 4.69) is 25.5 Å². The molecule has 1 saturated heterocycles. The lowest BCUT2D eigenvalue weighted by Gasteiger charge is -2.33. The number of carbonyl (C=O) groups is 2. The number of likely N-dealkylation sites (N-methyl/N-ethyl adjacent to an activating group) is 1. The monoisotopic (exact) mass is 465 g/mol. The Bertz CT molecular complexity index is 1140. The van der Waals surface area contributed by atoms with E-state index in [0.29, 0.717) is 11.4 Å². The van der Waals surface area contributed by atoms with Crippen molar-refractivity contribution in [2.45, 2.75) is 32.2 Å². The van der Waals surface area contributed by atoms with Gasteiger partial charge in [0, 0.05) is 38.7 Å². The molecule has 3 aromatic rings. The van der Waals surface area contributed by atoms with Gasteiger partial charge in [-0.2, -0.15) is 4.52 Å². The van der Waals surface area contributed by atoms with Crippen LogP contribution in [0.4, 0.5) is 5.82 Å². The zero-order chi connectivity index (χ0) is 24.1. The molecule has 1 unspecified atom stereocenters. The molecule has 3 heterocycles. The van der Waals surface area contributed by atoms with E-state index in [4.69, 9.17) is 4.74 Å². The Morgan fingerprint density at radius 2 is 1.94 bits per heavy atom. The Kier molecular flexibility index (Phi) is 7.24. The van der Waals surface area contributed by atoms with Gasteiger partial charge < -0.3 is 19.9 Å². The second-order valence-electron chi connectivity index (χ2n) is 8.67. The van der Waals surface area contributed by atoms with Crippen LogP contribution in [-0.4, -0.2) is 70.3 Å². The molecule has 4 rings (SSSR count). The van der Waals surface area contributed by atoms with Gasteiger partial charge in [0.25, 0.3) is 5.91 Å². The molecule has 180 valence electrons. The minimum absolute atomic E-state index is 0.0399. The second kappa shape index (κ2) is 10.5. The molecular weight excluding hydrogens is 434 g/mol. The Labute approximate surface area is 198 Å². The third kappa shape index (κ3) is 5.27. The van der Waals surface area contributed by atoms with E-state index in [9.17, 15) is 9.59 Å². The number of hydrogen-bond acceptors (Lipinski definition) is 7.